The maximum absolute atomic E-state index is 12.7. The van der Waals surface area contributed by atoms with Gasteiger partial charge in [0, 0.05) is 11.6 Å². The van der Waals surface area contributed by atoms with Crippen LogP contribution in [0.3, 0.4) is 0 Å². The predicted molar refractivity (Wildman–Crippen MR) is 96.2 cm³/mol. The highest BCUT2D eigenvalue weighted by atomic mass is 16.3. The molecule has 0 saturated carbocycles. The number of rotatable bonds is 4. The molecule has 0 aliphatic rings. The molecule has 25 heavy (non-hydrogen) atoms. The number of hydrogen-bond acceptors (Lipinski definition) is 3. The quantitative estimate of drug-likeness (QED) is 0.606. The second kappa shape index (κ2) is 6.61. The summed E-state index contributed by atoms with van der Waals surface area (Å²) in [4.78, 5) is 17.1. The summed E-state index contributed by atoms with van der Waals surface area (Å²) < 4.78 is 5.67. The molecule has 0 spiro atoms. The van der Waals surface area contributed by atoms with Gasteiger partial charge in [0.25, 0.3) is 5.91 Å². The monoisotopic (exact) mass is 328 g/mol. The molecule has 0 bridgehead atoms. The third-order valence-electron chi connectivity index (χ3n) is 4.04. The van der Waals surface area contributed by atoms with Crippen LogP contribution < -0.4 is 5.32 Å². The van der Waals surface area contributed by atoms with Gasteiger partial charge in [0.05, 0.1) is 11.7 Å². The summed E-state index contributed by atoms with van der Waals surface area (Å²) in [6.07, 6.45) is 1.72. The third kappa shape index (κ3) is 3.15. The molecule has 4 rings (SSSR count). The first-order valence-electron chi connectivity index (χ1n) is 8.06. The molecule has 1 N–H and O–H groups in total. The molecule has 0 radical (unpaired) electrons. The molecule has 122 valence electrons. The minimum atomic E-state index is -0.344. The van der Waals surface area contributed by atoms with E-state index in [9.17, 15) is 4.79 Å². The van der Waals surface area contributed by atoms with Gasteiger partial charge in [-0.15, -0.1) is 0 Å². The Morgan fingerprint density at radius 3 is 2.44 bits per heavy atom. The zero-order chi connectivity index (χ0) is 17.1. The zero-order valence-corrected chi connectivity index (χ0v) is 13.4. The van der Waals surface area contributed by atoms with Crippen molar-refractivity contribution in [3.63, 3.8) is 0 Å². The van der Waals surface area contributed by atoms with E-state index in [-0.39, 0.29) is 17.7 Å². The van der Waals surface area contributed by atoms with Gasteiger partial charge in [0.1, 0.15) is 5.58 Å². The van der Waals surface area contributed by atoms with E-state index < -0.39 is 0 Å². The Hall–Kier alpha value is -3.40. The lowest BCUT2D eigenvalue weighted by molar-refractivity contribution is 0.0916. The van der Waals surface area contributed by atoms with E-state index >= 15 is 0 Å². The maximum atomic E-state index is 12.7. The van der Waals surface area contributed by atoms with Crippen LogP contribution >= 0.6 is 0 Å². The van der Waals surface area contributed by atoms with Gasteiger partial charge in [-0.3, -0.25) is 9.78 Å². The number of carbonyl (C=O) groups is 1. The van der Waals surface area contributed by atoms with Crippen LogP contribution in [0, 0.1) is 0 Å². The summed E-state index contributed by atoms with van der Waals surface area (Å²) in [6, 6.07) is 24.4. The number of furan rings is 1. The van der Waals surface area contributed by atoms with E-state index in [2.05, 4.69) is 10.3 Å². The normalized spacial score (nSPS) is 12.0. The van der Waals surface area contributed by atoms with Crippen molar-refractivity contribution < 1.29 is 9.21 Å². The Morgan fingerprint density at radius 1 is 0.920 bits per heavy atom. The van der Waals surface area contributed by atoms with Gasteiger partial charge in [-0.25, -0.2) is 0 Å². The number of carbonyl (C=O) groups excluding carboxylic acids is 1. The van der Waals surface area contributed by atoms with E-state index in [0.29, 0.717) is 5.58 Å². The second-order valence-electron chi connectivity index (χ2n) is 5.72. The number of nitrogens with one attached hydrogen (secondary N) is 1. The number of hydrogen-bond donors (Lipinski definition) is 1. The minimum Gasteiger partial charge on any atom is -0.451 e. The van der Waals surface area contributed by atoms with Crippen molar-refractivity contribution in [1.82, 2.24) is 10.3 Å². The fourth-order valence-electron chi connectivity index (χ4n) is 2.82. The van der Waals surface area contributed by atoms with Crippen LogP contribution in [0.25, 0.3) is 11.0 Å². The highest BCUT2D eigenvalue weighted by Crippen LogP contribution is 2.23. The lowest BCUT2D eigenvalue weighted by Crippen LogP contribution is -2.29. The Kier molecular flexibility index (Phi) is 4.01. The van der Waals surface area contributed by atoms with Crippen molar-refractivity contribution in [3.05, 3.63) is 102 Å². The summed E-state index contributed by atoms with van der Waals surface area (Å²) in [5, 5.41) is 3.94. The number of benzene rings is 2. The average molecular weight is 328 g/mol. The number of fused-ring (bicyclic) bond motifs is 1. The molecule has 2 heterocycles. The van der Waals surface area contributed by atoms with Crippen molar-refractivity contribution >= 4 is 16.9 Å². The van der Waals surface area contributed by atoms with Crippen LogP contribution in [0.15, 0.2) is 89.5 Å². The van der Waals surface area contributed by atoms with E-state index in [1.165, 1.54) is 0 Å². The van der Waals surface area contributed by atoms with Gasteiger partial charge in [-0.1, -0.05) is 54.6 Å². The summed E-state index contributed by atoms with van der Waals surface area (Å²) in [5.41, 5.74) is 2.44. The van der Waals surface area contributed by atoms with Crippen molar-refractivity contribution in [3.8, 4) is 0 Å². The average Bonchev–Trinajstić information content (AvgIpc) is 3.12. The van der Waals surface area contributed by atoms with Gasteiger partial charge >= 0.3 is 0 Å². The Balaban J connectivity index is 1.67. The van der Waals surface area contributed by atoms with Gasteiger partial charge in [-0.05, 0) is 29.8 Å². The largest absolute Gasteiger partial charge is 0.451 e. The second-order valence-corrected chi connectivity index (χ2v) is 5.72. The number of nitrogens with zero attached hydrogens (tertiary/aromatic N) is 1. The molecule has 0 saturated heterocycles. The van der Waals surface area contributed by atoms with Gasteiger partial charge < -0.3 is 9.73 Å². The Bertz CT molecular complexity index is 922. The standard InChI is InChI=1S/C21H16N2O2/c24-21(19-14-16-10-4-5-12-18(16)25-19)23-20(15-8-2-1-3-9-15)17-11-6-7-13-22-17/h1-14,20H,(H,23,24). The van der Waals surface area contributed by atoms with Gasteiger partial charge in [0.15, 0.2) is 5.76 Å². The summed E-state index contributed by atoms with van der Waals surface area (Å²) in [5.74, 6) is 0.0220. The van der Waals surface area contributed by atoms with E-state index in [4.69, 9.17) is 4.42 Å². The van der Waals surface area contributed by atoms with Crippen LogP contribution in [0.2, 0.25) is 0 Å². The van der Waals surface area contributed by atoms with Crippen LogP contribution in [0.4, 0.5) is 0 Å². The summed E-state index contributed by atoms with van der Waals surface area (Å²) in [6.45, 7) is 0. The molecule has 0 aliphatic carbocycles. The van der Waals surface area contributed by atoms with Crippen molar-refractivity contribution in [2.45, 2.75) is 6.04 Å². The van der Waals surface area contributed by atoms with Gasteiger partial charge in [-0.2, -0.15) is 0 Å². The van der Waals surface area contributed by atoms with Crippen LogP contribution in [0.5, 0.6) is 0 Å². The highest BCUT2D eigenvalue weighted by Gasteiger charge is 2.20. The Labute approximate surface area is 145 Å². The predicted octanol–water partition coefficient (Wildman–Crippen LogP) is 4.35. The molecule has 0 aliphatic heterocycles. The SMILES string of the molecule is O=C(NC(c1ccccc1)c1ccccn1)c1cc2ccccc2o1. The molecule has 1 unspecified atom stereocenters. The molecular weight excluding hydrogens is 312 g/mol. The third-order valence-corrected chi connectivity index (χ3v) is 4.04. The van der Waals surface area contributed by atoms with E-state index in [1.54, 1.807) is 12.3 Å². The Morgan fingerprint density at radius 2 is 1.68 bits per heavy atom. The lowest BCUT2D eigenvalue weighted by Gasteiger charge is -2.18. The number of aromatic nitrogens is 1. The zero-order valence-electron chi connectivity index (χ0n) is 13.4. The molecule has 4 aromatic rings. The minimum absolute atomic E-state index is 0.268. The van der Waals surface area contributed by atoms with Crippen LogP contribution in [-0.4, -0.2) is 10.9 Å². The first-order chi connectivity index (χ1) is 12.3. The maximum Gasteiger partial charge on any atom is 0.287 e. The van der Waals surface area contributed by atoms with Crippen molar-refractivity contribution in [1.29, 1.82) is 0 Å². The number of pyridine rings is 1. The molecule has 1 atom stereocenters. The van der Waals surface area contributed by atoms with Crippen LogP contribution in [0.1, 0.15) is 27.9 Å². The van der Waals surface area contributed by atoms with Crippen molar-refractivity contribution in [2.75, 3.05) is 0 Å². The number of amides is 1. The van der Waals surface area contributed by atoms with Gasteiger partial charge in [0.2, 0.25) is 0 Å². The van der Waals surface area contributed by atoms with Crippen LogP contribution in [-0.2, 0) is 0 Å². The molecule has 4 heteroatoms. The molecule has 0 fully saturated rings. The molecular formula is C21H16N2O2. The summed E-state index contributed by atoms with van der Waals surface area (Å²) >= 11 is 0. The lowest BCUT2D eigenvalue weighted by atomic mass is 10.0. The first-order valence-corrected chi connectivity index (χ1v) is 8.06. The van der Waals surface area contributed by atoms with E-state index in [0.717, 1.165) is 16.6 Å². The smallest absolute Gasteiger partial charge is 0.287 e. The molecule has 4 nitrogen and oxygen atoms in total. The fourth-order valence-corrected chi connectivity index (χ4v) is 2.82. The highest BCUT2D eigenvalue weighted by molar-refractivity contribution is 5.96. The molecule has 2 aromatic heterocycles. The number of para-hydroxylation sites is 1. The topological polar surface area (TPSA) is 55.1 Å². The van der Waals surface area contributed by atoms with E-state index in [1.807, 2.05) is 72.8 Å². The fraction of sp³-hybridized carbons (Fsp3) is 0.0476. The molecule has 2 aromatic carbocycles. The first kappa shape index (κ1) is 15.1. The molecule has 1 amide bonds. The van der Waals surface area contributed by atoms with Crippen molar-refractivity contribution in [2.24, 2.45) is 0 Å². The summed E-state index contributed by atoms with van der Waals surface area (Å²) in [7, 11) is 0.